The van der Waals surface area contributed by atoms with Crippen LogP contribution in [0.2, 0.25) is 0 Å². The number of nitro benzene ring substituents is 1. The monoisotopic (exact) mass is 487 g/mol. The molecule has 2 aromatic rings. The highest BCUT2D eigenvalue weighted by atomic mass is 32.2. The van der Waals surface area contributed by atoms with Crippen LogP contribution >= 0.6 is 11.8 Å². The number of hydrogen-bond donors (Lipinski definition) is 1. The van der Waals surface area contributed by atoms with Crippen molar-refractivity contribution >= 4 is 40.6 Å². The molecule has 1 saturated heterocycles. The number of thioether (sulfide) groups is 1. The smallest absolute Gasteiger partial charge is 0.293 e. The van der Waals surface area contributed by atoms with Gasteiger partial charge in [-0.05, 0) is 41.6 Å². The second kappa shape index (κ2) is 10.7. The Labute approximate surface area is 198 Å². The maximum absolute atomic E-state index is 12.8. The Bertz CT molecular complexity index is 1160. The number of carbonyl (C=O) groups is 3. The summed E-state index contributed by atoms with van der Waals surface area (Å²) in [7, 11) is 4.40. The van der Waals surface area contributed by atoms with Crippen LogP contribution in [0.5, 0.6) is 17.2 Å². The van der Waals surface area contributed by atoms with Crippen LogP contribution in [0.1, 0.15) is 15.9 Å². The average Bonchev–Trinajstić information content (AvgIpc) is 3.10. The first-order chi connectivity index (χ1) is 16.3. The quantitative estimate of drug-likeness (QED) is 0.321. The molecule has 1 heterocycles. The molecule has 3 amide bonds. The van der Waals surface area contributed by atoms with E-state index < -0.39 is 22.0 Å². The first-order valence-corrected chi connectivity index (χ1v) is 10.7. The zero-order valence-corrected chi connectivity index (χ0v) is 19.3. The lowest BCUT2D eigenvalue weighted by Gasteiger charge is -2.13. The fraction of sp³-hybridized carbons (Fsp3) is 0.227. The van der Waals surface area contributed by atoms with Crippen LogP contribution in [-0.4, -0.2) is 61.3 Å². The Balaban J connectivity index is 1.70. The van der Waals surface area contributed by atoms with Crippen LogP contribution in [-0.2, 0) is 4.79 Å². The van der Waals surface area contributed by atoms with Crippen molar-refractivity contribution in [2.24, 2.45) is 0 Å². The highest BCUT2D eigenvalue weighted by Crippen LogP contribution is 2.40. The highest BCUT2D eigenvalue weighted by molar-refractivity contribution is 8.18. The number of imide groups is 1. The maximum atomic E-state index is 12.8. The molecule has 0 saturated carbocycles. The molecular formula is C22H21N3O8S. The van der Waals surface area contributed by atoms with Gasteiger partial charge in [-0.25, -0.2) is 0 Å². The van der Waals surface area contributed by atoms with Crippen LogP contribution in [0, 0.1) is 10.1 Å². The molecule has 0 bridgehead atoms. The zero-order valence-electron chi connectivity index (χ0n) is 18.5. The maximum Gasteiger partial charge on any atom is 0.293 e. The van der Waals surface area contributed by atoms with Crippen LogP contribution in [0.3, 0.4) is 0 Å². The zero-order chi connectivity index (χ0) is 24.8. The number of benzene rings is 2. The molecule has 1 N–H and O–H groups in total. The molecule has 1 fully saturated rings. The lowest BCUT2D eigenvalue weighted by Crippen LogP contribution is -2.37. The Kier molecular flexibility index (Phi) is 7.74. The Morgan fingerprint density at radius 2 is 1.76 bits per heavy atom. The molecule has 11 nitrogen and oxygen atoms in total. The number of ether oxygens (including phenoxy) is 3. The Morgan fingerprint density at radius 1 is 1.12 bits per heavy atom. The van der Waals surface area contributed by atoms with Gasteiger partial charge >= 0.3 is 0 Å². The van der Waals surface area contributed by atoms with Crippen molar-refractivity contribution in [2.75, 3.05) is 34.4 Å². The van der Waals surface area contributed by atoms with Gasteiger partial charge in [0.2, 0.25) is 5.75 Å². The molecule has 1 aliphatic rings. The van der Waals surface area contributed by atoms with E-state index in [-0.39, 0.29) is 29.2 Å². The molecule has 12 heteroatoms. The summed E-state index contributed by atoms with van der Waals surface area (Å²) in [6.07, 6.45) is 1.53. The predicted octanol–water partition coefficient (Wildman–Crippen LogP) is 3.09. The van der Waals surface area contributed by atoms with Crippen LogP contribution < -0.4 is 19.5 Å². The molecule has 0 spiro atoms. The third kappa shape index (κ3) is 5.12. The van der Waals surface area contributed by atoms with Gasteiger partial charge in [-0.2, -0.15) is 0 Å². The van der Waals surface area contributed by atoms with Gasteiger partial charge in [0, 0.05) is 19.2 Å². The van der Waals surface area contributed by atoms with E-state index >= 15 is 0 Å². The fourth-order valence-electron chi connectivity index (χ4n) is 3.23. The van der Waals surface area contributed by atoms with E-state index in [1.165, 1.54) is 51.7 Å². The summed E-state index contributed by atoms with van der Waals surface area (Å²) in [4.78, 5) is 49.1. The molecule has 3 rings (SSSR count). The standard InChI is InChI=1S/C22H21N3O8S/c1-31-16-10-13(11-17(32-2)19(16)33-3)12-18-21(27)24(22(28)34-18)9-8-23-20(26)14-6-4-5-7-15(14)25(29)30/h4-7,10-12H,8-9H2,1-3H3,(H,23,26)/b18-12+. The van der Waals surface area contributed by atoms with E-state index in [0.29, 0.717) is 22.8 Å². The summed E-state index contributed by atoms with van der Waals surface area (Å²) in [5, 5.41) is 13.1. The van der Waals surface area contributed by atoms with E-state index in [2.05, 4.69) is 5.32 Å². The summed E-state index contributed by atoms with van der Waals surface area (Å²) in [6.45, 7) is -0.163. The van der Waals surface area contributed by atoms with Crippen molar-refractivity contribution in [1.82, 2.24) is 10.2 Å². The van der Waals surface area contributed by atoms with Crippen molar-refractivity contribution in [2.45, 2.75) is 0 Å². The van der Waals surface area contributed by atoms with Crippen molar-refractivity contribution < 1.29 is 33.5 Å². The highest BCUT2D eigenvalue weighted by Gasteiger charge is 2.35. The van der Waals surface area contributed by atoms with Gasteiger partial charge in [-0.15, -0.1) is 0 Å². The predicted molar refractivity (Wildman–Crippen MR) is 124 cm³/mol. The van der Waals surface area contributed by atoms with Gasteiger partial charge in [-0.1, -0.05) is 12.1 Å². The van der Waals surface area contributed by atoms with Gasteiger partial charge in [-0.3, -0.25) is 29.4 Å². The summed E-state index contributed by atoms with van der Waals surface area (Å²) in [6, 6.07) is 8.79. The van der Waals surface area contributed by atoms with Gasteiger partial charge in [0.25, 0.3) is 22.7 Å². The first-order valence-electron chi connectivity index (χ1n) is 9.87. The van der Waals surface area contributed by atoms with Crippen molar-refractivity contribution in [1.29, 1.82) is 0 Å². The largest absolute Gasteiger partial charge is 0.493 e. The number of nitrogens with one attached hydrogen (secondary N) is 1. The van der Waals surface area contributed by atoms with Gasteiger partial charge in [0.15, 0.2) is 11.5 Å². The number of nitrogens with zero attached hydrogens (tertiary/aromatic N) is 2. The number of nitro groups is 1. The summed E-state index contributed by atoms with van der Waals surface area (Å²) in [5.74, 6) is -0.0179. The van der Waals surface area contributed by atoms with E-state index in [1.807, 2.05) is 0 Å². The SMILES string of the molecule is COc1cc(/C=C2/SC(=O)N(CCNC(=O)c3ccccc3[N+](=O)[O-])C2=O)cc(OC)c1OC. The first kappa shape index (κ1) is 24.6. The lowest BCUT2D eigenvalue weighted by atomic mass is 10.1. The third-order valence-electron chi connectivity index (χ3n) is 4.82. The molecule has 34 heavy (non-hydrogen) atoms. The molecule has 0 unspecified atom stereocenters. The van der Waals surface area contributed by atoms with Crippen molar-refractivity contribution in [3.63, 3.8) is 0 Å². The minimum Gasteiger partial charge on any atom is -0.493 e. The second-order valence-corrected chi connectivity index (χ2v) is 7.82. The number of amides is 3. The van der Waals surface area contributed by atoms with Crippen LogP contribution in [0.4, 0.5) is 10.5 Å². The van der Waals surface area contributed by atoms with E-state index in [0.717, 1.165) is 16.7 Å². The molecule has 0 atom stereocenters. The molecule has 0 radical (unpaired) electrons. The number of carbonyl (C=O) groups excluding carboxylic acids is 3. The molecule has 178 valence electrons. The average molecular weight is 487 g/mol. The van der Waals surface area contributed by atoms with Crippen molar-refractivity contribution in [3.05, 3.63) is 62.5 Å². The molecule has 0 aromatic heterocycles. The Hall–Kier alpha value is -4.06. The number of methoxy groups -OCH3 is 3. The minimum absolute atomic E-state index is 0.0691. The summed E-state index contributed by atoms with van der Waals surface area (Å²) in [5.41, 5.74) is 0.119. The fourth-order valence-corrected chi connectivity index (χ4v) is 4.10. The van der Waals surface area contributed by atoms with Gasteiger partial charge in [0.1, 0.15) is 5.56 Å². The van der Waals surface area contributed by atoms with E-state index in [1.54, 1.807) is 12.1 Å². The molecule has 2 aromatic carbocycles. The number of rotatable bonds is 9. The number of hydrogen-bond acceptors (Lipinski definition) is 9. The number of para-hydroxylation sites is 1. The second-order valence-electron chi connectivity index (χ2n) is 6.82. The lowest BCUT2D eigenvalue weighted by molar-refractivity contribution is -0.385. The van der Waals surface area contributed by atoms with Crippen molar-refractivity contribution in [3.8, 4) is 17.2 Å². The van der Waals surface area contributed by atoms with E-state index in [4.69, 9.17) is 14.2 Å². The van der Waals surface area contributed by atoms with Gasteiger partial charge < -0.3 is 19.5 Å². The molecule has 0 aliphatic carbocycles. The Morgan fingerprint density at radius 3 is 2.35 bits per heavy atom. The molecular weight excluding hydrogens is 466 g/mol. The van der Waals surface area contributed by atoms with Crippen LogP contribution in [0.15, 0.2) is 41.3 Å². The van der Waals surface area contributed by atoms with Crippen LogP contribution in [0.25, 0.3) is 6.08 Å². The summed E-state index contributed by atoms with van der Waals surface area (Å²) >= 11 is 0.759. The topological polar surface area (TPSA) is 137 Å². The third-order valence-corrected chi connectivity index (χ3v) is 5.73. The molecule has 1 aliphatic heterocycles. The summed E-state index contributed by atoms with van der Waals surface area (Å²) < 4.78 is 15.9. The van der Waals surface area contributed by atoms with Gasteiger partial charge in [0.05, 0.1) is 31.2 Å². The van der Waals surface area contributed by atoms with E-state index in [9.17, 15) is 24.5 Å². The minimum atomic E-state index is -0.674. The normalized spacial score (nSPS) is 14.3.